The molecule has 0 aliphatic carbocycles. The topological polar surface area (TPSA) is 33.3 Å². The summed E-state index contributed by atoms with van der Waals surface area (Å²) in [6.45, 7) is 2.44. The summed E-state index contributed by atoms with van der Waals surface area (Å²) in [5.74, 6) is 0.512. The monoisotopic (exact) mass is 304 g/mol. The predicted octanol–water partition coefficient (Wildman–Crippen LogP) is 3.58. The van der Waals surface area contributed by atoms with Gasteiger partial charge in [-0.1, -0.05) is 24.3 Å². The van der Waals surface area contributed by atoms with Crippen molar-refractivity contribution in [3.63, 3.8) is 0 Å². The lowest BCUT2D eigenvalue weighted by Gasteiger charge is -2.17. The van der Waals surface area contributed by atoms with Crippen LogP contribution in [0.5, 0.6) is 5.75 Å². The molecular weight excluding hydrogens is 287 g/mol. The third-order valence-electron chi connectivity index (χ3n) is 2.70. The molecule has 0 heterocycles. The van der Waals surface area contributed by atoms with E-state index in [1.165, 1.54) is 12.1 Å². The second-order valence-corrected chi connectivity index (χ2v) is 5.04. The molecule has 21 heavy (non-hydrogen) atoms. The van der Waals surface area contributed by atoms with Gasteiger partial charge in [-0.25, -0.2) is 4.39 Å². The molecule has 2 N–H and O–H groups in total. The molecule has 0 unspecified atom stereocenters. The normalized spacial score (nSPS) is 11.5. The van der Waals surface area contributed by atoms with Gasteiger partial charge in [0.05, 0.1) is 6.04 Å². The number of para-hydroxylation sites is 1. The molecule has 0 aromatic heterocycles. The number of halogens is 1. The molecule has 0 saturated carbocycles. The number of rotatable bonds is 5. The van der Waals surface area contributed by atoms with Gasteiger partial charge in [-0.3, -0.25) is 0 Å². The van der Waals surface area contributed by atoms with Gasteiger partial charge >= 0.3 is 0 Å². The number of thiocarbonyl (C=S) groups is 1. The fourth-order valence-electron chi connectivity index (χ4n) is 1.74. The Morgan fingerprint density at radius 3 is 2.67 bits per heavy atom. The lowest BCUT2D eigenvalue weighted by molar-refractivity contribution is 0.287. The van der Waals surface area contributed by atoms with Crippen molar-refractivity contribution in [1.29, 1.82) is 0 Å². The van der Waals surface area contributed by atoms with Crippen LogP contribution in [0.25, 0.3) is 0 Å². The van der Waals surface area contributed by atoms with Crippen molar-refractivity contribution < 1.29 is 9.13 Å². The molecule has 2 aromatic carbocycles. The Hall–Kier alpha value is -2.14. The third kappa shape index (κ3) is 5.39. The van der Waals surface area contributed by atoms with E-state index in [0.717, 1.165) is 5.75 Å². The summed E-state index contributed by atoms with van der Waals surface area (Å²) in [5, 5.41) is 6.46. The first-order valence-electron chi connectivity index (χ1n) is 6.64. The molecule has 3 nitrogen and oxygen atoms in total. The molecule has 0 bridgehead atoms. The van der Waals surface area contributed by atoms with Crippen LogP contribution in [-0.4, -0.2) is 17.8 Å². The molecule has 2 aromatic rings. The smallest absolute Gasteiger partial charge is 0.171 e. The number of benzene rings is 2. The van der Waals surface area contributed by atoms with Crippen molar-refractivity contribution in [3.05, 3.63) is 60.4 Å². The average Bonchev–Trinajstić information content (AvgIpc) is 2.46. The van der Waals surface area contributed by atoms with Crippen molar-refractivity contribution in [3.8, 4) is 5.75 Å². The summed E-state index contributed by atoms with van der Waals surface area (Å²) < 4.78 is 18.7. The molecule has 0 radical (unpaired) electrons. The van der Waals surface area contributed by atoms with Crippen molar-refractivity contribution >= 4 is 23.0 Å². The van der Waals surface area contributed by atoms with Gasteiger partial charge in [0.25, 0.3) is 0 Å². The summed E-state index contributed by atoms with van der Waals surface area (Å²) in [7, 11) is 0. The Labute approximate surface area is 129 Å². The van der Waals surface area contributed by atoms with Crippen LogP contribution in [0.1, 0.15) is 6.92 Å². The van der Waals surface area contributed by atoms with Crippen LogP contribution in [0.2, 0.25) is 0 Å². The van der Waals surface area contributed by atoms with Crippen LogP contribution in [0.15, 0.2) is 54.6 Å². The number of nitrogens with one attached hydrogen (secondary N) is 2. The van der Waals surface area contributed by atoms with Gasteiger partial charge in [0, 0.05) is 5.69 Å². The average molecular weight is 304 g/mol. The molecule has 1 atom stereocenters. The van der Waals surface area contributed by atoms with E-state index in [1.54, 1.807) is 12.1 Å². The zero-order chi connectivity index (χ0) is 15.1. The Morgan fingerprint density at radius 2 is 1.95 bits per heavy atom. The van der Waals surface area contributed by atoms with Crippen molar-refractivity contribution in [2.24, 2.45) is 0 Å². The molecule has 0 saturated heterocycles. The molecule has 110 valence electrons. The van der Waals surface area contributed by atoms with Gasteiger partial charge in [-0.2, -0.15) is 0 Å². The molecule has 0 amide bonds. The SMILES string of the molecule is C[C@H](COc1ccccc1)NC(=S)Nc1cccc(F)c1. The van der Waals surface area contributed by atoms with Crippen LogP contribution in [0.3, 0.4) is 0 Å². The summed E-state index contributed by atoms with van der Waals surface area (Å²) in [6, 6.07) is 15.8. The Kier molecular flexibility index (Phi) is 5.51. The predicted molar refractivity (Wildman–Crippen MR) is 87.2 cm³/mol. The maximum atomic E-state index is 13.1. The highest BCUT2D eigenvalue weighted by molar-refractivity contribution is 7.80. The van der Waals surface area contributed by atoms with E-state index in [-0.39, 0.29) is 11.9 Å². The molecule has 0 aliphatic rings. The standard InChI is InChI=1S/C16H17FN2OS/c1-12(11-20-15-8-3-2-4-9-15)18-16(21)19-14-7-5-6-13(17)10-14/h2-10,12H,11H2,1H3,(H2,18,19,21)/t12-/m1/s1. The van der Waals surface area contributed by atoms with Gasteiger partial charge in [-0.15, -0.1) is 0 Å². The van der Waals surface area contributed by atoms with Crippen molar-refractivity contribution in [2.75, 3.05) is 11.9 Å². The maximum Gasteiger partial charge on any atom is 0.171 e. The highest BCUT2D eigenvalue weighted by Crippen LogP contribution is 2.10. The van der Waals surface area contributed by atoms with Gasteiger partial charge < -0.3 is 15.4 Å². The van der Waals surface area contributed by atoms with Crippen LogP contribution < -0.4 is 15.4 Å². The summed E-state index contributed by atoms with van der Waals surface area (Å²) >= 11 is 5.19. The lowest BCUT2D eigenvalue weighted by atomic mass is 10.3. The Bertz CT molecular complexity index is 592. The summed E-state index contributed by atoms with van der Waals surface area (Å²) in [5.41, 5.74) is 0.615. The van der Waals surface area contributed by atoms with Crippen LogP contribution in [0, 0.1) is 5.82 Å². The minimum absolute atomic E-state index is 0.0266. The van der Waals surface area contributed by atoms with Gasteiger partial charge in [0.15, 0.2) is 5.11 Å². The zero-order valence-electron chi connectivity index (χ0n) is 11.7. The van der Waals surface area contributed by atoms with Gasteiger partial charge in [-0.05, 0) is 49.5 Å². The van der Waals surface area contributed by atoms with E-state index in [2.05, 4.69) is 10.6 Å². The van der Waals surface area contributed by atoms with Crippen LogP contribution in [-0.2, 0) is 0 Å². The molecular formula is C16H17FN2OS. The van der Waals surface area contributed by atoms with Crippen molar-refractivity contribution in [1.82, 2.24) is 5.32 Å². The fourth-order valence-corrected chi connectivity index (χ4v) is 2.06. The van der Waals surface area contributed by atoms with E-state index in [4.69, 9.17) is 17.0 Å². The number of hydrogen-bond acceptors (Lipinski definition) is 2. The molecule has 0 spiro atoms. The summed E-state index contributed by atoms with van der Waals surface area (Å²) in [6.07, 6.45) is 0. The second-order valence-electron chi connectivity index (χ2n) is 4.63. The molecule has 0 aliphatic heterocycles. The van der Waals surface area contributed by atoms with Gasteiger partial charge in [0.1, 0.15) is 18.2 Å². The quantitative estimate of drug-likeness (QED) is 0.827. The Balaban J connectivity index is 1.77. The molecule has 0 fully saturated rings. The first kappa shape index (κ1) is 15.3. The van der Waals surface area contributed by atoms with E-state index in [1.807, 2.05) is 37.3 Å². The van der Waals surface area contributed by atoms with Gasteiger partial charge in [0.2, 0.25) is 0 Å². The van der Waals surface area contributed by atoms with E-state index in [9.17, 15) is 4.39 Å². The highest BCUT2D eigenvalue weighted by atomic mass is 32.1. The van der Waals surface area contributed by atoms with Crippen molar-refractivity contribution in [2.45, 2.75) is 13.0 Å². The molecule has 2 rings (SSSR count). The highest BCUT2D eigenvalue weighted by Gasteiger charge is 2.06. The van der Waals surface area contributed by atoms with E-state index < -0.39 is 0 Å². The first-order valence-corrected chi connectivity index (χ1v) is 7.05. The number of ether oxygens (including phenoxy) is 1. The fraction of sp³-hybridized carbons (Fsp3) is 0.188. The third-order valence-corrected chi connectivity index (χ3v) is 2.92. The second kappa shape index (κ2) is 7.59. The zero-order valence-corrected chi connectivity index (χ0v) is 12.5. The largest absolute Gasteiger partial charge is 0.491 e. The maximum absolute atomic E-state index is 13.1. The van der Waals surface area contributed by atoms with E-state index in [0.29, 0.717) is 17.4 Å². The minimum Gasteiger partial charge on any atom is -0.491 e. The summed E-state index contributed by atoms with van der Waals surface area (Å²) in [4.78, 5) is 0. The van der Waals surface area contributed by atoms with E-state index >= 15 is 0 Å². The number of anilines is 1. The van der Waals surface area contributed by atoms with Crippen LogP contribution in [0.4, 0.5) is 10.1 Å². The lowest BCUT2D eigenvalue weighted by Crippen LogP contribution is -2.39. The first-order chi connectivity index (χ1) is 10.1. The molecule has 5 heteroatoms. The number of hydrogen-bond donors (Lipinski definition) is 2. The minimum atomic E-state index is -0.303. The van der Waals surface area contributed by atoms with Crippen LogP contribution >= 0.6 is 12.2 Å². The Morgan fingerprint density at radius 1 is 1.19 bits per heavy atom.